The Morgan fingerprint density at radius 2 is 2.17 bits per heavy atom. The van der Waals surface area contributed by atoms with Crippen molar-refractivity contribution < 1.29 is 4.79 Å². The first-order chi connectivity index (χ1) is 11.6. The summed E-state index contributed by atoms with van der Waals surface area (Å²) in [4.78, 5) is 21.6. The molecule has 1 N–H and O–H groups in total. The van der Waals surface area contributed by atoms with Gasteiger partial charge in [-0.1, -0.05) is 23.4 Å². The minimum atomic E-state index is -0.107. The molecule has 0 spiro atoms. The van der Waals surface area contributed by atoms with Gasteiger partial charge >= 0.3 is 0 Å². The molecule has 1 aliphatic rings. The van der Waals surface area contributed by atoms with Crippen LogP contribution in [-0.2, 0) is 13.1 Å². The van der Waals surface area contributed by atoms with E-state index < -0.39 is 0 Å². The Labute approximate surface area is 144 Å². The average molecular weight is 338 g/mol. The molecule has 1 aromatic carbocycles. The molecule has 6 heteroatoms. The van der Waals surface area contributed by atoms with Gasteiger partial charge in [-0.15, -0.1) is 0 Å². The Morgan fingerprint density at radius 1 is 1.29 bits per heavy atom. The summed E-state index contributed by atoms with van der Waals surface area (Å²) in [6, 6.07) is 7.99. The van der Waals surface area contributed by atoms with Crippen LogP contribution in [0.25, 0.3) is 10.9 Å². The summed E-state index contributed by atoms with van der Waals surface area (Å²) in [6.07, 6.45) is 2.02. The monoisotopic (exact) mass is 338 g/mol. The van der Waals surface area contributed by atoms with Crippen LogP contribution in [-0.4, -0.2) is 26.2 Å². The molecule has 0 atom stereocenters. The third-order valence-corrected chi connectivity index (χ3v) is 5.16. The van der Waals surface area contributed by atoms with Crippen molar-refractivity contribution in [3.8, 4) is 0 Å². The number of pyridine rings is 1. The summed E-state index contributed by atoms with van der Waals surface area (Å²) in [7, 11) is 0. The minimum absolute atomic E-state index is 0.107. The van der Waals surface area contributed by atoms with Crippen LogP contribution in [0.3, 0.4) is 0 Å². The number of imidazole rings is 1. The van der Waals surface area contributed by atoms with Crippen molar-refractivity contribution in [2.24, 2.45) is 0 Å². The molecular weight excluding hydrogens is 320 g/mol. The summed E-state index contributed by atoms with van der Waals surface area (Å²) in [6.45, 7) is 5.34. The van der Waals surface area contributed by atoms with E-state index in [4.69, 9.17) is 0 Å². The quantitative estimate of drug-likeness (QED) is 0.797. The number of carbonyl (C=O) groups excluding carboxylic acids is 1. The Morgan fingerprint density at radius 3 is 3.00 bits per heavy atom. The van der Waals surface area contributed by atoms with E-state index in [9.17, 15) is 4.79 Å². The highest BCUT2D eigenvalue weighted by atomic mass is 32.2. The van der Waals surface area contributed by atoms with E-state index in [0.717, 1.165) is 45.3 Å². The van der Waals surface area contributed by atoms with Crippen LogP contribution in [0.4, 0.5) is 0 Å². The molecule has 0 unspecified atom stereocenters. The number of rotatable bonds is 3. The summed E-state index contributed by atoms with van der Waals surface area (Å²) in [5.74, 6) is 0.973. The molecule has 0 aliphatic carbocycles. The number of aromatic nitrogens is 3. The van der Waals surface area contributed by atoms with E-state index >= 15 is 0 Å². The lowest BCUT2D eigenvalue weighted by Gasteiger charge is -2.08. The molecule has 24 heavy (non-hydrogen) atoms. The normalized spacial score (nSPS) is 13.2. The lowest BCUT2D eigenvalue weighted by Crippen LogP contribution is -2.24. The Hall–Kier alpha value is -2.34. The van der Waals surface area contributed by atoms with Crippen LogP contribution >= 0.6 is 11.8 Å². The van der Waals surface area contributed by atoms with Crippen LogP contribution in [0.5, 0.6) is 0 Å². The van der Waals surface area contributed by atoms with Gasteiger partial charge < -0.3 is 9.88 Å². The zero-order chi connectivity index (χ0) is 16.7. The van der Waals surface area contributed by atoms with Crippen LogP contribution in [0.1, 0.15) is 27.3 Å². The first kappa shape index (κ1) is 15.2. The van der Waals surface area contributed by atoms with Crippen molar-refractivity contribution in [2.45, 2.75) is 32.1 Å². The van der Waals surface area contributed by atoms with Crippen molar-refractivity contribution in [2.75, 3.05) is 5.75 Å². The molecule has 0 radical (unpaired) electrons. The van der Waals surface area contributed by atoms with E-state index in [-0.39, 0.29) is 5.91 Å². The zero-order valence-corrected chi connectivity index (χ0v) is 14.5. The summed E-state index contributed by atoms with van der Waals surface area (Å²) in [5.41, 5.74) is 4.33. The van der Waals surface area contributed by atoms with Crippen molar-refractivity contribution in [3.63, 3.8) is 0 Å². The number of carbonyl (C=O) groups is 1. The van der Waals surface area contributed by atoms with Gasteiger partial charge in [0.25, 0.3) is 5.91 Å². The van der Waals surface area contributed by atoms with Gasteiger partial charge in [-0.25, -0.2) is 4.98 Å². The van der Waals surface area contributed by atoms with Gasteiger partial charge in [0.05, 0.1) is 29.0 Å². The van der Waals surface area contributed by atoms with Gasteiger partial charge in [-0.3, -0.25) is 9.78 Å². The van der Waals surface area contributed by atoms with Crippen LogP contribution in [0.15, 0.2) is 35.6 Å². The molecule has 0 saturated carbocycles. The number of aryl methyl sites for hydroxylation is 3. The maximum atomic E-state index is 12.6. The highest BCUT2D eigenvalue weighted by molar-refractivity contribution is 7.99. The van der Waals surface area contributed by atoms with Gasteiger partial charge in [0.15, 0.2) is 5.16 Å². The van der Waals surface area contributed by atoms with E-state index in [1.807, 2.05) is 38.2 Å². The molecule has 122 valence electrons. The molecule has 0 fully saturated rings. The van der Waals surface area contributed by atoms with Gasteiger partial charge in [0, 0.05) is 23.9 Å². The molecule has 4 rings (SSSR count). The van der Waals surface area contributed by atoms with E-state index in [0.29, 0.717) is 12.1 Å². The molecular formula is C18H18N4OS. The van der Waals surface area contributed by atoms with Crippen LogP contribution in [0, 0.1) is 13.8 Å². The second-order valence-electron chi connectivity index (χ2n) is 6.06. The average Bonchev–Trinajstić information content (AvgIpc) is 3.13. The first-order valence-corrected chi connectivity index (χ1v) is 8.94. The van der Waals surface area contributed by atoms with E-state index in [1.54, 1.807) is 11.8 Å². The molecule has 2 aromatic heterocycles. The van der Waals surface area contributed by atoms with E-state index in [2.05, 4.69) is 25.9 Å². The van der Waals surface area contributed by atoms with Crippen molar-refractivity contribution in [1.29, 1.82) is 0 Å². The van der Waals surface area contributed by atoms with Gasteiger partial charge in [0.1, 0.15) is 0 Å². The number of thioether (sulfide) groups is 1. The second kappa shape index (κ2) is 5.94. The number of hydrogen-bond acceptors (Lipinski definition) is 4. The third kappa shape index (κ3) is 2.78. The highest BCUT2D eigenvalue weighted by Gasteiger charge is 2.16. The molecule has 5 nitrogen and oxygen atoms in total. The number of fused-ring (bicyclic) bond motifs is 2. The molecule has 0 saturated heterocycles. The fraction of sp³-hybridized carbons (Fsp3) is 0.278. The fourth-order valence-electron chi connectivity index (χ4n) is 2.94. The predicted molar refractivity (Wildman–Crippen MR) is 95.3 cm³/mol. The predicted octanol–water partition coefficient (Wildman–Crippen LogP) is 3.08. The standard InChI is InChI=1S/C18H18N4OS/c1-11-3-4-16-13(7-11)8-15(12(2)20-16)17(23)19-9-14-10-22-5-6-24-18(22)21-14/h3-4,7-8,10H,5-6,9H2,1-2H3,(H,19,23). The van der Waals surface area contributed by atoms with Crippen LogP contribution in [0.2, 0.25) is 0 Å². The van der Waals surface area contributed by atoms with E-state index in [1.165, 1.54) is 0 Å². The lowest BCUT2D eigenvalue weighted by molar-refractivity contribution is 0.0949. The first-order valence-electron chi connectivity index (χ1n) is 7.95. The minimum Gasteiger partial charge on any atom is -0.346 e. The summed E-state index contributed by atoms with van der Waals surface area (Å²) < 4.78 is 2.14. The number of nitrogens with one attached hydrogen (secondary N) is 1. The molecule has 0 bridgehead atoms. The molecule has 1 amide bonds. The SMILES string of the molecule is Cc1ccc2nc(C)c(C(=O)NCc3cn4c(n3)SCC4)cc2c1. The Kier molecular flexibility index (Phi) is 3.76. The lowest BCUT2D eigenvalue weighted by atomic mass is 10.1. The highest BCUT2D eigenvalue weighted by Crippen LogP contribution is 2.24. The Bertz CT molecular complexity index is 926. The number of benzene rings is 1. The molecule has 3 heterocycles. The van der Waals surface area contributed by atoms with Crippen molar-refractivity contribution in [1.82, 2.24) is 19.9 Å². The number of amides is 1. The van der Waals surface area contributed by atoms with Gasteiger partial charge in [-0.2, -0.15) is 0 Å². The van der Waals surface area contributed by atoms with Gasteiger partial charge in [-0.05, 0) is 32.0 Å². The number of nitrogens with zero attached hydrogens (tertiary/aromatic N) is 3. The Balaban J connectivity index is 1.54. The maximum Gasteiger partial charge on any atom is 0.253 e. The third-order valence-electron chi connectivity index (χ3n) is 4.19. The van der Waals surface area contributed by atoms with Crippen LogP contribution < -0.4 is 5.32 Å². The maximum absolute atomic E-state index is 12.6. The van der Waals surface area contributed by atoms with Crippen molar-refractivity contribution >= 4 is 28.6 Å². The fourth-order valence-corrected chi connectivity index (χ4v) is 3.90. The number of hydrogen-bond donors (Lipinski definition) is 1. The molecule has 3 aromatic rings. The molecule has 1 aliphatic heterocycles. The smallest absolute Gasteiger partial charge is 0.253 e. The largest absolute Gasteiger partial charge is 0.346 e. The summed E-state index contributed by atoms with van der Waals surface area (Å²) >= 11 is 1.75. The topological polar surface area (TPSA) is 59.8 Å². The zero-order valence-electron chi connectivity index (χ0n) is 13.7. The summed E-state index contributed by atoms with van der Waals surface area (Å²) in [5, 5.41) is 4.99. The second-order valence-corrected chi connectivity index (χ2v) is 7.12. The van der Waals surface area contributed by atoms with Gasteiger partial charge in [0.2, 0.25) is 0 Å². The van der Waals surface area contributed by atoms with Crippen molar-refractivity contribution in [3.05, 3.63) is 53.0 Å².